The molecule has 1 heterocycles. The van der Waals surface area contributed by atoms with Crippen molar-refractivity contribution in [3.05, 3.63) is 42.3 Å². The zero-order valence-corrected chi connectivity index (χ0v) is 15.1. The Morgan fingerprint density at radius 3 is 2.72 bits per heavy atom. The van der Waals surface area contributed by atoms with Gasteiger partial charge < -0.3 is 19.8 Å². The fourth-order valence-corrected chi connectivity index (χ4v) is 2.23. The van der Waals surface area contributed by atoms with E-state index >= 15 is 0 Å². The minimum atomic E-state index is 0.559. The average molecular weight is 344 g/mol. The Morgan fingerprint density at radius 1 is 1.16 bits per heavy atom. The molecule has 0 aliphatic rings. The minimum Gasteiger partial charge on any atom is -0.444 e. The van der Waals surface area contributed by atoms with Gasteiger partial charge in [-0.1, -0.05) is 31.5 Å². The fraction of sp³-hybridized carbons (Fsp3) is 0.474. The van der Waals surface area contributed by atoms with Gasteiger partial charge in [-0.3, -0.25) is 4.99 Å². The number of nitrogens with zero attached hydrogens (tertiary/aromatic N) is 2. The van der Waals surface area contributed by atoms with Crippen molar-refractivity contribution in [2.75, 3.05) is 26.8 Å². The topological polar surface area (TPSA) is 71.7 Å². The molecule has 0 bridgehead atoms. The highest BCUT2D eigenvalue weighted by atomic mass is 16.5. The molecule has 0 amide bonds. The van der Waals surface area contributed by atoms with Gasteiger partial charge in [0, 0.05) is 32.4 Å². The Labute approximate surface area is 149 Å². The van der Waals surface area contributed by atoms with Gasteiger partial charge >= 0.3 is 0 Å². The van der Waals surface area contributed by atoms with Crippen LogP contribution in [0.15, 0.2) is 46.0 Å². The number of aliphatic imine (C=N–C) groups is 1. The third-order valence-corrected chi connectivity index (χ3v) is 3.63. The third-order valence-electron chi connectivity index (χ3n) is 3.63. The molecule has 0 aliphatic heterocycles. The van der Waals surface area contributed by atoms with Crippen molar-refractivity contribution in [3.8, 4) is 11.5 Å². The number of rotatable bonds is 10. The van der Waals surface area contributed by atoms with Crippen molar-refractivity contribution in [2.24, 2.45) is 4.99 Å². The van der Waals surface area contributed by atoms with E-state index in [4.69, 9.17) is 9.15 Å². The van der Waals surface area contributed by atoms with E-state index < -0.39 is 0 Å². The van der Waals surface area contributed by atoms with E-state index in [-0.39, 0.29) is 0 Å². The molecule has 6 heteroatoms. The number of aromatic nitrogens is 1. The number of oxazole rings is 1. The van der Waals surface area contributed by atoms with Crippen molar-refractivity contribution < 1.29 is 9.15 Å². The predicted octanol–water partition coefficient (Wildman–Crippen LogP) is 3.21. The zero-order valence-electron chi connectivity index (χ0n) is 15.1. The number of guanidine groups is 1. The Morgan fingerprint density at radius 2 is 1.96 bits per heavy atom. The summed E-state index contributed by atoms with van der Waals surface area (Å²) in [5, 5.41) is 6.51. The largest absolute Gasteiger partial charge is 0.444 e. The molecule has 0 spiro atoms. The first-order valence-electron chi connectivity index (χ1n) is 8.85. The van der Waals surface area contributed by atoms with Gasteiger partial charge in [0.1, 0.15) is 6.26 Å². The maximum atomic E-state index is 5.54. The molecule has 1 aromatic carbocycles. The lowest BCUT2D eigenvalue weighted by atomic mass is 10.2. The summed E-state index contributed by atoms with van der Waals surface area (Å²) in [4.78, 5) is 8.70. The van der Waals surface area contributed by atoms with E-state index in [2.05, 4.69) is 27.5 Å². The first-order valence-corrected chi connectivity index (χ1v) is 8.85. The summed E-state index contributed by atoms with van der Waals surface area (Å²) in [6, 6.07) is 9.86. The normalized spacial score (nSPS) is 11.5. The van der Waals surface area contributed by atoms with Crippen LogP contribution >= 0.6 is 0 Å². The van der Waals surface area contributed by atoms with Crippen molar-refractivity contribution in [2.45, 2.75) is 32.7 Å². The van der Waals surface area contributed by atoms with Crippen LogP contribution in [0.4, 0.5) is 0 Å². The summed E-state index contributed by atoms with van der Waals surface area (Å²) in [5.74, 6) is 1.38. The second kappa shape index (κ2) is 11.3. The monoisotopic (exact) mass is 344 g/mol. The van der Waals surface area contributed by atoms with E-state index in [1.807, 2.05) is 30.3 Å². The average Bonchev–Trinajstić information content (AvgIpc) is 3.13. The maximum absolute atomic E-state index is 5.54. The van der Waals surface area contributed by atoms with Gasteiger partial charge in [-0.15, -0.1) is 0 Å². The first-order chi connectivity index (χ1) is 12.3. The molecule has 2 aromatic rings. The molecule has 6 nitrogen and oxygen atoms in total. The number of hydrogen-bond donors (Lipinski definition) is 2. The number of nitrogens with one attached hydrogen (secondary N) is 2. The molecule has 0 fully saturated rings. The van der Waals surface area contributed by atoms with Gasteiger partial charge in [-0.05, 0) is 25.0 Å². The molecule has 0 atom stereocenters. The minimum absolute atomic E-state index is 0.559. The van der Waals surface area contributed by atoms with Crippen LogP contribution in [0.5, 0.6) is 0 Å². The lowest BCUT2D eigenvalue weighted by molar-refractivity contribution is 0.129. The Kier molecular flexibility index (Phi) is 8.55. The molecule has 0 unspecified atom stereocenters. The summed E-state index contributed by atoms with van der Waals surface area (Å²) in [6.07, 6.45) is 4.92. The Bertz CT molecular complexity index is 625. The number of ether oxygens (including phenoxy) is 1. The SMILES string of the molecule is CCCCOCCCNC(=NC)NCc1coc(-c2ccccc2)n1. The van der Waals surface area contributed by atoms with Crippen LogP contribution < -0.4 is 10.6 Å². The van der Waals surface area contributed by atoms with E-state index in [0.717, 1.165) is 49.8 Å². The van der Waals surface area contributed by atoms with Gasteiger partial charge in [0.2, 0.25) is 5.89 Å². The van der Waals surface area contributed by atoms with Crippen molar-refractivity contribution in [1.82, 2.24) is 15.6 Å². The summed E-state index contributed by atoms with van der Waals surface area (Å²) in [7, 11) is 1.76. The summed E-state index contributed by atoms with van der Waals surface area (Å²) < 4.78 is 11.1. The standard InChI is InChI=1S/C19H28N4O2/c1-3-4-12-24-13-8-11-21-19(20-2)22-14-17-15-25-18(23-17)16-9-6-5-7-10-16/h5-7,9-10,15H,3-4,8,11-14H2,1-2H3,(H2,20,21,22). The molecule has 1 aromatic heterocycles. The smallest absolute Gasteiger partial charge is 0.226 e. The molecule has 0 radical (unpaired) electrons. The molecule has 25 heavy (non-hydrogen) atoms. The molecule has 136 valence electrons. The number of benzene rings is 1. The van der Waals surface area contributed by atoms with Gasteiger partial charge in [0.15, 0.2) is 5.96 Å². The zero-order chi connectivity index (χ0) is 17.7. The third kappa shape index (κ3) is 6.97. The van der Waals surface area contributed by atoms with Gasteiger partial charge in [0.05, 0.1) is 12.2 Å². The van der Waals surface area contributed by atoms with E-state index in [9.17, 15) is 0 Å². The van der Waals surface area contributed by atoms with Crippen molar-refractivity contribution >= 4 is 5.96 Å². The van der Waals surface area contributed by atoms with Crippen LogP contribution in [-0.4, -0.2) is 37.7 Å². The van der Waals surface area contributed by atoms with Gasteiger partial charge in [-0.2, -0.15) is 0 Å². The van der Waals surface area contributed by atoms with Gasteiger partial charge in [-0.25, -0.2) is 4.98 Å². The second-order valence-corrected chi connectivity index (χ2v) is 5.68. The maximum Gasteiger partial charge on any atom is 0.226 e. The summed E-state index contributed by atoms with van der Waals surface area (Å²) in [5.41, 5.74) is 1.81. The van der Waals surface area contributed by atoms with Crippen molar-refractivity contribution in [3.63, 3.8) is 0 Å². The van der Waals surface area contributed by atoms with E-state index in [1.54, 1.807) is 13.3 Å². The van der Waals surface area contributed by atoms with Crippen LogP contribution in [0.25, 0.3) is 11.5 Å². The van der Waals surface area contributed by atoms with Gasteiger partial charge in [0.25, 0.3) is 0 Å². The Hall–Kier alpha value is -2.34. The molecule has 0 aliphatic carbocycles. The lowest BCUT2D eigenvalue weighted by Gasteiger charge is -2.10. The van der Waals surface area contributed by atoms with Crippen LogP contribution in [0, 0.1) is 0 Å². The van der Waals surface area contributed by atoms with Crippen LogP contribution in [0.1, 0.15) is 31.9 Å². The molecular weight excluding hydrogens is 316 g/mol. The molecule has 2 rings (SSSR count). The second-order valence-electron chi connectivity index (χ2n) is 5.68. The molecule has 2 N–H and O–H groups in total. The van der Waals surface area contributed by atoms with E-state index in [1.165, 1.54) is 6.42 Å². The molecule has 0 saturated carbocycles. The molecular formula is C19H28N4O2. The number of unbranched alkanes of at least 4 members (excludes halogenated alkanes) is 1. The highest BCUT2D eigenvalue weighted by Gasteiger charge is 2.06. The van der Waals surface area contributed by atoms with Crippen LogP contribution in [-0.2, 0) is 11.3 Å². The van der Waals surface area contributed by atoms with Crippen LogP contribution in [0.3, 0.4) is 0 Å². The highest BCUT2D eigenvalue weighted by Crippen LogP contribution is 2.17. The molecule has 0 saturated heterocycles. The number of hydrogen-bond acceptors (Lipinski definition) is 4. The predicted molar refractivity (Wildman–Crippen MR) is 100 cm³/mol. The fourth-order valence-electron chi connectivity index (χ4n) is 2.23. The summed E-state index contributed by atoms with van der Waals surface area (Å²) >= 11 is 0. The first kappa shape index (κ1) is 19.0. The van der Waals surface area contributed by atoms with Crippen molar-refractivity contribution in [1.29, 1.82) is 0 Å². The summed E-state index contributed by atoms with van der Waals surface area (Å²) in [6.45, 7) is 5.16. The quantitative estimate of drug-likeness (QED) is 0.393. The van der Waals surface area contributed by atoms with E-state index in [0.29, 0.717) is 12.4 Å². The Balaban J connectivity index is 1.68. The van der Waals surface area contributed by atoms with Crippen LogP contribution in [0.2, 0.25) is 0 Å². The highest BCUT2D eigenvalue weighted by molar-refractivity contribution is 5.79. The lowest BCUT2D eigenvalue weighted by Crippen LogP contribution is -2.37.